The SMILES string of the molecule is COC(=O)c1ccc2nc(Cn3cc(F)c(Br)cc3=O)n(CC34CC(CO3)C4)c2c1. The number of halogens is 2. The van der Waals surface area contributed by atoms with Crippen molar-refractivity contribution in [2.75, 3.05) is 13.7 Å². The van der Waals surface area contributed by atoms with Gasteiger partial charge in [0.05, 0.1) is 53.5 Å². The molecule has 1 aromatic carbocycles. The highest BCUT2D eigenvalue weighted by atomic mass is 79.9. The summed E-state index contributed by atoms with van der Waals surface area (Å²) in [5.41, 5.74) is 1.28. The standard InChI is InChI=1S/C21H19BrFN3O4/c1-29-20(28)13-2-3-16-17(4-13)26(11-21-6-12(7-21)10-30-21)18(24-16)9-25-8-15(23)14(22)5-19(25)27/h2-5,8,12H,6-7,9-11H2,1H3. The van der Waals surface area contributed by atoms with Gasteiger partial charge in [-0.1, -0.05) is 0 Å². The monoisotopic (exact) mass is 475 g/mol. The fourth-order valence-corrected chi connectivity index (χ4v) is 4.80. The van der Waals surface area contributed by atoms with E-state index >= 15 is 0 Å². The Balaban J connectivity index is 1.61. The molecule has 7 nitrogen and oxygen atoms in total. The van der Waals surface area contributed by atoms with Gasteiger partial charge in [-0.15, -0.1) is 0 Å². The summed E-state index contributed by atoms with van der Waals surface area (Å²) >= 11 is 3.04. The van der Waals surface area contributed by atoms with Crippen molar-refractivity contribution in [1.82, 2.24) is 14.1 Å². The molecule has 0 radical (unpaired) electrons. The Bertz CT molecular complexity index is 1220. The van der Waals surface area contributed by atoms with E-state index in [2.05, 4.69) is 20.9 Å². The number of esters is 1. The van der Waals surface area contributed by atoms with Gasteiger partial charge in [-0.3, -0.25) is 4.79 Å². The normalized spacial score (nSPS) is 22.3. The van der Waals surface area contributed by atoms with Gasteiger partial charge in [0.2, 0.25) is 0 Å². The third kappa shape index (κ3) is 3.16. The van der Waals surface area contributed by atoms with E-state index < -0.39 is 11.8 Å². The second kappa shape index (κ2) is 7.02. The predicted molar refractivity (Wildman–Crippen MR) is 110 cm³/mol. The molecule has 6 rings (SSSR count). The summed E-state index contributed by atoms with van der Waals surface area (Å²) in [4.78, 5) is 29.1. The smallest absolute Gasteiger partial charge is 0.337 e. The molecule has 1 aliphatic carbocycles. The fraction of sp³-hybridized carbons (Fsp3) is 0.381. The van der Waals surface area contributed by atoms with E-state index in [9.17, 15) is 14.0 Å². The van der Waals surface area contributed by atoms with Gasteiger partial charge in [0, 0.05) is 12.3 Å². The van der Waals surface area contributed by atoms with Gasteiger partial charge in [0.25, 0.3) is 5.56 Å². The fourth-order valence-electron chi connectivity index (χ4n) is 4.50. The van der Waals surface area contributed by atoms with Crippen LogP contribution in [0.2, 0.25) is 0 Å². The average molecular weight is 476 g/mol. The van der Waals surface area contributed by atoms with E-state index in [4.69, 9.17) is 9.47 Å². The molecule has 1 saturated carbocycles. The first-order chi connectivity index (χ1) is 14.4. The Morgan fingerprint density at radius 3 is 2.90 bits per heavy atom. The van der Waals surface area contributed by atoms with Crippen molar-refractivity contribution in [2.24, 2.45) is 5.92 Å². The minimum absolute atomic E-state index is 0.102. The van der Waals surface area contributed by atoms with Crippen LogP contribution < -0.4 is 5.56 Å². The second-order valence-corrected chi connectivity index (χ2v) is 8.87. The molecule has 9 heteroatoms. The molecular formula is C21H19BrFN3O4. The van der Waals surface area contributed by atoms with Gasteiger partial charge in [0.15, 0.2) is 5.82 Å². The maximum absolute atomic E-state index is 14.0. The number of imidazole rings is 1. The van der Waals surface area contributed by atoms with Crippen LogP contribution >= 0.6 is 15.9 Å². The van der Waals surface area contributed by atoms with Crippen molar-refractivity contribution < 1.29 is 18.7 Å². The molecule has 3 aromatic rings. The molecule has 4 heterocycles. The van der Waals surface area contributed by atoms with Gasteiger partial charge in [-0.2, -0.15) is 0 Å². The van der Waals surface area contributed by atoms with Gasteiger partial charge in [-0.25, -0.2) is 14.2 Å². The molecule has 2 saturated heterocycles. The summed E-state index contributed by atoms with van der Waals surface area (Å²) in [5, 5.41) is 0. The first kappa shape index (κ1) is 19.4. The highest BCUT2D eigenvalue weighted by Crippen LogP contribution is 2.49. The van der Waals surface area contributed by atoms with Crippen LogP contribution in [0.15, 0.2) is 39.7 Å². The molecule has 156 valence electrons. The van der Waals surface area contributed by atoms with Crippen LogP contribution in [-0.4, -0.2) is 39.4 Å². The number of pyridine rings is 1. The third-order valence-corrected chi connectivity index (χ3v) is 6.59. The van der Waals surface area contributed by atoms with Crippen LogP contribution in [-0.2, 0) is 22.6 Å². The van der Waals surface area contributed by atoms with Crippen molar-refractivity contribution in [1.29, 1.82) is 0 Å². The maximum atomic E-state index is 14.0. The zero-order chi connectivity index (χ0) is 21.0. The Hall–Kier alpha value is -2.52. The van der Waals surface area contributed by atoms with Gasteiger partial charge < -0.3 is 18.6 Å². The van der Waals surface area contributed by atoms with Crippen molar-refractivity contribution in [3.8, 4) is 0 Å². The quantitative estimate of drug-likeness (QED) is 0.530. The molecule has 0 amide bonds. The number of hydrogen-bond acceptors (Lipinski definition) is 5. The predicted octanol–water partition coefficient (Wildman–Crippen LogP) is 3.11. The van der Waals surface area contributed by atoms with E-state index in [0.29, 0.717) is 29.4 Å². The number of fused-ring (bicyclic) bond motifs is 2. The van der Waals surface area contributed by atoms with Gasteiger partial charge in [-0.05, 0) is 52.9 Å². The van der Waals surface area contributed by atoms with Crippen LogP contribution in [0.25, 0.3) is 11.0 Å². The van der Waals surface area contributed by atoms with Crippen LogP contribution in [0.5, 0.6) is 0 Å². The lowest BCUT2D eigenvalue weighted by Crippen LogP contribution is -2.41. The van der Waals surface area contributed by atoms with Crippen molar-refractivity contribution in [3.05, 3.63) is 62.5 Å². The molecule has 0 unspecified atom stereocenters. The van der Waals surface area contributed by atoms with Crippen LogP contribution in [0.3, 0.4) is 0 Å². The summed E-state index contributed by atoms with van der Waals surface area (Å²) in [6.07, 6.45) is 3.13. The molecule has 0 atom stereocenters. The zero-order valence-corrected chi connectivity index (χ0v) is 17.8. The number of nitrogens with zero attached hydrogens (tertiary/aromatic N) is 3. The summed E-state index contributed by atoms with van der Waals surface area (Å²) in [5.74, 6) is 0.238. The Kier molecular flexibility index (Phi) is 4.55. The number of rotatable bonds is 5. The summed E-state index contributed by atoms with van der Waals surface area (Å²) in [7, 11) is 1.34. The van der Waals surface area contributed by atoms with E-state index in [1.165, 1.54) is 23.9 Å². The lowest BCUT2D eigenvalue weighted by Gasteiger charge is -2.36. The molecule has 0 spiro atoms. The first-order valence-electron chi connectivity index (χ1n) is 9.64. The molecule has 2 aromatic heterocycles. The van der Waals surface area contributed by atoms with Crippen molar-refractivity contribution >= 4 is 32.9 Å². The minimum Gasteiger partial charge on any atom is -0.465 e. The maximum Gasteiger partial charge on any atom is 0.337 e. The minimum atomic E-state index is -0.523. The number of ether oxygens (including phenoxy) is 2. The Morgan fingerprint density at radius 2 is 2.20 bits per heavy atom. The van der Waals surface area contributed by atoms with E-state index in [1.54, 1.807) is 18.2 Å². The zero-order valence-electron chi connectivity index (χ0n) is 16.2. The number of methoxy groups -OCH3 is 1. The van der Waals surface area contributed by atoms with Crippen molar-refractivity contribution in [3.63, 3.8) is 0 Å². The third-order valence-electron chi connectivity index (χ3n) is 5.98. The molecular weight excluding hydrogens is 457 g/mol. The number of aromatic nitrogens is 3. The van der Waals surface area contributed by atoms with Crippen molar-refractivity contribution in [2.45, 2.75) is 31.5 Å². The molecule has 3 aliphatic rings. The number of hydrogen-bond donors (Lipinski definition) is 0. The summed E-state index contributed by atoms with van der Waals surface area (Å²) in [6.45, 7) is 1.42. The average Bonchev–Trinajstić information content (AvgIpc) is 3.39. The molecule has 2 aliphatic heterocycles. The molecule has 2 bridgehead atoms. The van der Waals surface area contributed by atoms with E-state index in [0.717, 1.165) is 25.0 Å². The highest BCUT2D eigenvalue weighted by molar-refractivity contribution is 9.10. The largest absolute Gasteiger partial charge is 0.465 e. The molecule has 3 fully saturated rings. The van der Waals surface area contributed by atoms with Crippen LogP contribution in [0.4, 0.5) is 4.39 Å². The Morgan fingerprint density at radius 1 is 1.40 bits per heavy atom. The summed E-state index contributed by atoms with van der Waals surface area (Å²) < 4.78 is 28.3. The topological polar surface area (TPSA) is 75.4 Å². The number of benzene rings is 1. The van der Waals surface area contributed by atoms with Crippen LogP contribution in [0.1, 0.15) is 29.0 Å². The van der Waals surface area contributed by atoms with E-state index in [1.807, 2.05) is 4.57 Å². The van der Waals surface area contributed by atoms with Gasteiger partial charge >= 0.3 is 5.97 Å². The lowest BCUT2D eigenvalue weighted by atomic mass is 9.74. The highest BCUT2D eigenvalue weighted by Gasteiger charge is 2.52. The van der Waals surface area contributed by atoms with E-state index in [-0.39, 0.29) is 22.2 Å². The Labute approximate surface area is 179 Å². The first-order valence-corrected chi connectivity index (χ1v) is 10.4. The number of carbonyl (C=O) groups excluding carboxylic acids is 1. The summed E-state index contributed by atoms with van der Waals surface area (Å²) in [6, 6.07) is 6.35. The molecule has 0 N–H and O–H groups in total. The number of carbonyl (C=O) groups is 1. The van der Waals surface area contributed by atoms with Crippen LogP contribution in [0, 0.1) is 11.7 Å². The van der Waals surface area contributed by atoms with Gasteiger partial charge in [0.1, 0.15) is 5.82 Å². The lowest BCUT2D eigenvalue weighted by molar-refractivity contribution is -0.0133. The second-order valence-electron chi connectivity index (χ2n) is 8.01. The molecule has 30 heavy (non-hydrogen) atoms.